The molecule has 2 heterocycles. The molecule has 0 bridgehead atoms. The number of piperidine rings is 1. The summed E-state index contributed by atoms with van der Waals surface area (Å²) in [6.07, 6.45) is 3.40. The van der Waals surface area contributed by atoms with Crippen LogP contribution in [0.5, 0.6) is 5.75 Å². The molecule has 0 unspecified atom stereocenters. The number of ether oxygens (including phenoxy) is 1. The summed E-state index contributed by atoms with van der Waals surface area (Å²) in [6.45, 7) is 3.32. The standard InChI is InChI=1S/C28H32N4O3/c1-19-5-6-22(17-25(19)30-27(33)23-9-12-26(29-18-23)31(2)3)28(34)32-15-13-21(14-16-32)20-7-10-24(35-4)11-8-20/h5-12,17-18,21H,13-16H2,1-4H3,(H,30,33). The maximum Gasteiger partial charge on any atom is 0.257 e. The van der Waals surface area contributed by atoms with Crippen LogP contribution in [0.15, 0.2) is 60.8 Å². The van der Waals surface area contributed by atoms with Gasteiger partial charge in [0, 0.05) is 44.6 Å². The Labute approximate surface area is 206 Å². The van der Waals surface area contributed by atoms with Crippen LogP contribution >= 0.6 is 0 Å². The average molecular weight is 473 g/mol. The van der Waals surface area contributed by atoms with E-state index in [1.54, 1.807) is 31.5 Å². The molecule has 7 heteroatoms. The number of amides is 2. The zero-order valence-electron chi connectivity index (χ0n) is 20.7. The number of hydrogen-bond donors (Lipinski definition) is 1. The number of carbonyl (C=O) groups is 2. The topological polar surface area (TPSA) is 74.8 Å². The fourth-order valence-electron chi connectivity index (χ4n) is 4.34. The summed E-state index contributed by atoms with van der Waals surface area (Å²) >= 11 is 0. The van der Waals surface area contributed by atoms with Crippen LogP contribution in [0.2, 0.25) is 0 Å². The van der Waals surface area contributed by atoms with Crippen molar-refractivity contribution in [1.29, 1.82) is 0 Å². The molecule has 3 aromatic rings. The molecule has 0 spiro atoms. The Morgan fingerprint density at radius 1 is 1.00 bits per heavy atom. The zero-order chi connectivity index (χ0) is 24.9. The van der Waals surface area contributed by atoms with Crippen molar-refractivity contribution in [2.45, 2.75) is 25.7 Å². The molecule has 1 fully saturated rings. The molecule has 1 saturated heterocycles. The third-order valence-corrected chi connectivity index (χ3v) is 6.57. The summed E-state index contributed by atoms with van der Waals surface area (Å²) in [5.41, 5.74) is 3.85. The Morgan fingerprint density at radius 3 is 2.29 bits per heavy atom. The molecular weight excluding hydrogens is 440 g/mol. The summed E-state index contributed by atoms with van der Waals surface area (Å²) in [6, 6.07) is 17.2. The molecule has 0 atom stereocenters. The van der Waals surface area contributed by atoms with E-state index in [1.807, 2.05) is 55.1 Å². The van der Waals surface area contributed by atoms with E-state index in [0.29, 0.717) is 35.8 Å². The van der Waals surface area contributed by atoms with E-state index >= 15 is 0 Å². The quantitative estimate of drug-likeness (QED) is 0.561. The van der Waals surface area contributed by atoms with Gasteiger partial charge in [-0.1, -0.05) is 18.2 Å². The first-order chi connectivity index (χ1) is 16.9. The summed E-state index contributed by atoms with van der Waals surface area (Å²) in [4.78, 5) is 34.1. The number of benzene rings is 2. The van der Waals surface area contributed by atoms with Crippen molar-refractivity contribution in [2.75, 3.05) is 44.5 Å². The van der Waals surface area contributed by atoms with Crippen LogP contribution in [0.1, 0.15) is 50.6 Å². The van der Waals surface area contributed by atoms with Gasteiger partial charge in [0.15, 0.2) is 0 Å². The lowest BCUT2D eigenvalue weighted by atomic mass is 9.89. The first kappa shape index (κ1) is 24.3. The molecule has 1 N–H and O–H groups in total. The minimum Gasteiger partial charge on any atom is -0.497 e. The highest BCUT2D eigenvalue weighted by molar-refractivity contribution is 6.05. The maximum absolute atomic E-state index is 13.2. The van der Waals surface area contributed by atoms with Crippen LogP contribution in [0.25, 0.3) is 0 Å². The predicted molar refractivity (Wildman–Crippen MR) is 139 cm³/mol. The minimum atomic E-state index is -0.254. The summed E-state index contributed by atoms with van der Waals surface area (Å²) < 4.78 is 5.25. The van der Waals surface area contributed by atoms with Gasteiger partial charge in [-0.05, 0) is 73.2 Å². The van der Waals surface area contributed by atoms with Crippen molar-refractivity contribution in [3.05, 3.63) is 83.0 Å². The molecule has 1 aliphatic rings. The van der Waals surface area contributed by atoms with E-state index in [-0.39, 0.29) is 11.8 Å². The Bertz CT molecular complexity index is 1180. The number of aryl methyl sites for hydroxylation is 1. The van der Waals surface area contributed by atoms with Gasteiger partial charge in [-0.25, -0.2) is 4.98 Å². The van der Waals surface area contributed by atoms with Crippen LogP contribution < -0.4 is 15.0 Å². The van der Waals surface area contributed by atoms with Gasteiger partial charge in [0.05, 0.1) is 12.7 Å². The zero-order valence-corrected chi connectivity index (χ0v) is 20.7. The van der Waals surface area contributed by atoms with Crippen molar-refractivity contribution in [2.24, 2.45) is 0 Å². The van der Waals surface area contributed by atoms with E-state index in [0.717, 1.165) is 30.0 Å². The molecule has 35 heavy (non-hydrogen) atoms. The van der Waals surface area contributed by atoms with Crippen LogP contribution in [-0.4, -0.2) is 56.0 Å². The molecule has 2 amide bonds. The molecule has 1 aromatic heterocycles. The number of nitrogens with one attached hydrogen (secondary N) is 1. The number of nitrogens with zero attached hydrogens (tertiary/aromatic N) is 3. The molecule has 0 radical (unpaired) electrons. The van der Waals surface area contributed by atoms with E-state index < -0.39 is 0 Å². The molecular formula is C28H32N4O3. The van der Waals surface area contributed by atoms with Gasteiger partial charge in [0.1, 0.15) is 11.6 Å². The Balaban J connectivity index is 1.40. The van der Waals surface area contributed by atoms with Gasteiger partial charge in [-0.15, -0.1) is 0 Å². The fraction of sp³-hybridized carbons (Fsp3) is 0.321. The normalized spacial score (nSPS) is 13.9. The molecule has 1 aliphatic heterocycles. The lowest BCUT2D eigenvalue weighted by Crippen LogP contribution is -2.38. The van der Waals surface area contributed by atoms with E-state index in [4.69, 9.17) is 4.74 Å². The summed E-state index contributed by atoms with van der Waals surface area (Å²) in [7, 11) is 5.46. The minimum absolute atomic E-state index is 0.00863. The molecule has 4 rings (SSSR count). The lowest BCUT2D eigenvalue weighted by Gasteiger charge is -2.32. The SMILES string of the molecule is COc1ccc(C2CCN(C(=O)c3ccc(C)c(NC(=O)c4ccc(N(C)C)nc4)c3)CC2)cc1. The van der Waals surface area contributed by atoms with E-state index in [2.05, 4.69) is 22.4 Å². The Hall–Kier alpha value is -3.87. The van der Waals surface area contributed by atoms with Crippen molar-refractivity contribution < 1.29 is 14.3 Å². The largest absolute Gasteiger partial charge is 0.497 e. The predicted octanol–water partition coefficient (Wildman–Crippen LogP) is 4.74. The first-order valence-electron chi connectivity index (χ1n) is 11.8. The number of anilines is 2. The molecule has 7 nitrogen and oxygen atoms in total. The smallest absolute Gasteiger partial charge is 0.257 e. The third kappa shape index (κ3) is 5.62. The molecule has 182 valence electrons. The second-order valence-corrected chi connectivity index (χ2v) is 9.12. The highest BCUT2D eigenvalue weighted by atomic mass is 16.5. The van der Waals surface area contributed by atoms with Crippen molar-refractivity contribution in [1.82, 2.24) is 9.88 Å². The number of likely N-dealkylation sites (tertiary alicyclic amines) is 1. The summed E-state index contributed by atoms with van der Waals surface area (Å²) in [5.74, 6) is 1.80. The summed E-state index contributed by atoms with van der Waals surface area (Å²) in [5, 5.41) is 2.94. The average Bonchev–Trinajstić information content (AvgIpc) is 2.89. The van der Waals surface area contributed by atoms with Crippen LogP contribution in [-0.2, 0) is 0 Å². The fourth-order valence-corrected chi connectivity index (χ4v) is 4.34. The van der Waals surface area contributed by atoms with Gasteiger partial charge in [-0.3, -0.25) is 9.59 Å². The van der Waals surface area contributed by atoms with Crippen molar-refractivity contribution >= 4 is 23.3 Å². The van der Waals surface area contributed by atoms with Crippen LogP contribution in [0.3, 0.4) is 0 Å². The second kappa shape index (κ2) is 10.6. The van der Waals surface area contributed by atoms with Crippen molar-refractivity contribution in [3.8, 4) is 5.75 Å². The number of rotatable bonds is 6. The van der Waals surface area contributed by atoms with Crippen LogP contribution in [0.4, 0.5) is 11.5 Å². The highest BCUT2D eigenvalue weighted by Gasteiger charge is 2.25. The first-order valence-corrected chi connectivity index (χ1v) is 11.8. The third-order valence-electron chi connectivity index (χ3n) is 6.57. The van der Waals surface area contributed by atoms with Gasteiger partial charge in [0.25, 0.3) is 11.8 Å². The van der Waals surface area contributed by atoms with E-state index in [1.165, 1.54) is 5.56 Å². The van der Waals surface area contributed by atoms with Crippen LogP contribution in [0, 0.1) is 6.92 Å². The van der Waals surface area contributed by atoms with Gasteiger partial charge in [-0.2, -0.15) is 0 Å². The maximum atomic E-state index is 13.2. The second-order valence-electron chi connectivity index (χ2n) is 9.12. The number of methoxy groups -OCH3 is 1. The van der Waals surface area contributed by atoms with Gasteiger partial charge >= 0.3 is 0 Å². The number of carbonyl (C=O) groups excluding carboxylic acids is 2. The molecule has 0 saturated carbocycles. The Kier molecular flexibility index (Phi) is 7.34. The number of pyridine rings is 1. The number of hydrogen-bond acceptors (Lipinski definition) is 5. The number of aromatic nitrogens is 1. The van der Waals surface area contributed by atoms with E-state index in [9.17, 15) is 9.59 Å². The van der Waals surface area contributed by atoms with Crippen molar-refractivity contribution in [3.63, 3.8) is 0 Å². The lowest BCUT2D eigenvalue weighted by molar-refractivity contribution is 0.0712. The van der Waals surface area contributed by atoms with Gasteiger partial charge in [0.2, 0.25) is 0 Å². The Morgan fingerprint density at radius 2 is 1.69 bits per heavy atom. The highest BCUT2D eigenvalue weighted by Crippen LogP contribution is 2.30. The molecule has 0 aliphatic carbocycles. The van der Waals surface area contributed by atoms with Gasteiger partial charge < -0.3 is 19.9 Å². The monoisotopic (exact) mass is 472 g/mol. The molecule has 2 aromatic carbocycles.